The molecule has 0 fully saturated rings. The van der Waals surface area contributed by atoms with E-state index in [1.807, 2.05) is 0 Å². The zero-order chi connectivity index (χ0) is 68.4. The molecule has 0 unspecified atom stereocenters. The van der Waals surface area contributed by atoms with Crippen LogP contribution >= 0.6 is 14.5 Å². The predicted octanol–water partition coefficient (Wildman–Crippen LogP) is 15.0. The Labute approximate surface area is 562 Å². The molecule has 0 aliphatic carbocycles. The zero-order valence-corrected chi connectivity index (χ0v) is 62.3. The van der Waals surface area contributed by atoms with Crippen LogP contribution in [0.3, 0.4) is 0 Å². The zero-order valence-electron chi connectivity index (χ0n) is 55.7. The van der Waals surface area contributed by atoms with Gasteiger partial charge in [0.05, 0.1) is 49.3 Å². The van der Waals surface area contributed by atoms with Crippen LogP contribution in [0.1, 0.15) is 286 Å². The van der Waals surface area contributed by atoms with Crippen LogP contribution in [0.2, 0.25) is 0 Å². The number of halogens is 13. The summed E-state index contributed by atoms with van der Waals surface area (Å²) in [4.78, 5) is 0. The van der Waals surface area contributed by atoms with Crippen LogP contribution in [0.25, 0.3) is 8.25 Å². The molecule has 0 saturated carbocycles. The molecule has 12 nitrogen and oxygen atoms in total. The molecule has 0 aromatic rings. The van der Waals surface area contributed by atoms with Crippen molar-refractivity contribution in [3.63, 3.8) is 0 Å². The van der Waals surface area contributed by atoms with Crippen LogP contribution in [0.15, 0.2) is 0 Å². The van der Waals surface area contributed by atoms with Crippen LogP contribution in [0, 0.1) is 0 Å². The number of rotatable bonds is 52. The first-order valence-corrected chi connectivity index (χ1v) is 43.6. The van der Waals surface area contributed by atoms with E-state index in [1.54, 1.807) is 37.0 Å². The molecular formula is C58H118BrF12LiN4O8P2S4. The summed E-state index contributed by atoms with van der Waals surface area (Å²) in [5.41, 5.74) is -12.8. The Hall–Kier alpha value is 0.737. The summed E-state index contributed by atoms with van der Waals surface area (Å²) in [5, 5.41) is 0. The van der Waals surface area contributed by atoms with Gasteiger partial charge in [-0.2, -0.15) is 52.7 Å². The molecule has 0 aliphatic rings. The van der Waals surface area contributed by atoms with E-state index in [-0.39, 0.29) is 35.8 Å². The Kier molecular flexibility index (Phi) is 65.2. The third-order valence-corrected chi connectivity index (χ3v) is 30.8. The molecule has 544 valence electrons. The van der Waals surface area contributed by atoms with E-state index in [0.717, 1.165) is 21.3 Å². The second kappa shape index (κ2) is 57.6. The molecule has 0 saturated heterocycles. The summed E-state index contributed by atoms with van der Waals surface area (Å²) >= 11 is 0. The number of nitrogens with two attached hydrogens (primary N) is 2. The second-order valence-electron chi connectivity index (χ2n) is 23.2. The summed E-state index contributed by atoms with van der Waals surface area (Å²) < 4.78 is 218. The SMILES string of the molecule is CCCCCCCC[P+](CCCN)(CCCCCCCC)CCCCCCCC.CCCCCCCC[P+](CCCN)(CCCCCCCC)CCCCCCCC.O=S(=O)([N-]S(=O)(=O)C(F)(F)F)C(F)(F)F.O=S(=O)([N-]S(=O)(=O)C(F)(F)F)C(F)(F)F.[Br-].[Li+]. The fourth-order valence-corrected chi connectivity index (χ4v) is 23.2. The normalized spacial score (nSPS) is 12.8. The monoisotopic (exact) mass is 1500 g/mol. The van der Waals surface area contributed by atoms with Gasteiger partial charge in [-0.05, 0) is 103 Å². The smallest absolute Gasteiger partial charge is 1.00 e. The maximum Gasteiger partial charge on any atom is 1.00 e. The topological polar surface area (TPSA) is 217 Å². The molecule has 0 heterocycles. The second-order valence-corrected chi connectivity index (χ2v) is 39.0. The van der Waals surface area contributed by atoms with Gasteiger partial charge in [0.1, 0.15) is 0 Å². The first kappa shape index (κ1) is 102. The Balaban J connectivity index is -0.000000271. The Bertz CT molecular complexity index is 1800. The molecule has 0 radical (unpaired) electrons. The van der Waals surface area contributed by atoms with E-state index in [1.165, 1.54) is 256 Å². The number of alkyl halides is 12. The van der Waals surface area contributed by atoms with E-state index in [4.69, 9.17) is 11.5 Å². The Morgan fingerprint density at radius 3 is 0.500 bits per heavy atom. The van der Waals surface area contributed by atoms with Crippen molar-refractivity contribution >= 4 is 54.6 Å². The molecule has 0 atom stereocenters. The molecule has 0 spiro atoms. The van der Waals surface area contributed by atoms with Crippen LogP contribution in [0.4, 0.5) is 52.7 Å². The number of hydrogen-bond acceptors (Lipinski definition) is 10. The molecule has 90 heavy (non-hydrogen) atoms. The minimum atomic E-state index is -6.72. The van der Waals surface area contributed by atoms with Crippen molar-refractivity contribution < 1.29 is 122 Å². The maximum atomic E-state index is 11.4. The summed E-state index contributed by atoms with van der Waals surface area (Å²) in [6, 6.07) is 0. The molecular weight excluding hydrogens is 1390 g/mol. The first-order valence-electron chi connectivity index (χ1n) is 32.7. The van der Waals surface area contributed by atoms with Crippen molar-refractivity contribution in [3.05, 3.63) is 8.25 Å². The standard InChI is InChI=1S/2C27H59NP.2C2F6NO4S2.BrH.Li/c2*1-4-7-10-13-16-19-24-29(27-22-23-28,25-20-17-14-11-8-5-2)26-21-18-15-12-9-6-3;2*3-1(4,5)14(10,11)9-15(12,13)2(6,7)8;;/h2*4-28H2,1-3H3;;;1H;/q2*+1;2*-1;;+1/p-1. The molecule has 0 aromatic heterocycles. The van der Waals surface area contributed by atoms with Crippen molar-refractivity contribution in [1.29, 1.82) is 0 Å². The van der Waals surface area contributed by atoms with Crippen molar-refractivity contribution in [3.8, 4) is 0 Å². The third-order valence-electron chi connectivity index (χ3n) is 15.2. The van der Waals surface area contributed by atoms with Gasteiger partial charge in [0, 0.05) is 14.5 Å². The van der Waals surface area contributed by atoms with E-state index < -0.39 is 76.7 Å². The molecule has 0 amide bonds. The van der Waals surface area contributed by atoms with Crippen molar-refractivity contribution in [2.24, 2.45) is 11.5 Å². The quantitative estimate of drug-likeness (QED) is 0.0254. The number of sulfonamides is 4. The van der Waals surface area contributed by atoms with Gasteiger partial charge in [-0.15, -0.1) is 0 Å². The van der Waals surface area contributed by atoms with E-state index in [9.17, 15) is 86.4 Å². The van der Waals surface area contributed by atoms with Gasteiger partial charge in [0.15, 0.2) is 40.1 Å². The minimum Gasteiger partial charge on any atom is -1.00 e. The Morgan fingerprint density at radius 1 is 0.256 bits per heavy atom. The van der Waals surface area contributed by atoms with Gasteiger partial charge in [0.25, 0.3) is 0 Å². The first-order chi connectivity index (χ1) is 40.9. The molecule has 0 rings (SSSR count). The summed E-state index contributed by atoms with van der Waals surface area (Å²) in [7, 11) is -28.4. The molecule has 0 bridgehead atoms. The maximum absolute atomic E-state index is 11.4. The van der Waals surface area contributed by atoms with Crippen LogP contribution in [-0.4, -0.2) is 118 Å². The molecule has 0 aliphatic heterocycles. The van der Waals surface area contributed by atoms with Crippen LogP contribution < -0.4 is 47.3 Å². The fraction of sp³-hybridized carbons (Fsp3) is 1.00. The average molecular weight is 1500 g/mol. The van der Waals surface area contributed by atoms with Crippen molar-refractivity contribution in [1.82, 2.24) is 0 Å². The van der Waals surface area contributed by atoms with Gasteiger partial charge in [0.2, 0.25) is 0 Å². The van der Waals surface area contributed by atoms with Crippen LogP contribution in [0.5, 0.6) is 0 Å². The molecule has 4 N–H and O–H groups in total. The van der Waals surface area contributed by atoms with Gasteiger partial charge in [-0.1, -0.05) is 196 Å². The van der Waals surface area contributed by atoms with E-state index >= 15 is 0 Å². The van der Waals surface area contributed by atoms with Crippen molar-refractivity contribution in [2.45, 2.75) is 308 Å². The van der Waals surface area contributed by atoms with Gasteiger partial charge in [-0.25, -0.2) is 33.7 Å². The van der Waals surface area contributed by atoms with E-state index in [2.05, 4.69) is 41.5 Å². The van der Waals surface area contributed by atoms with Gasteiger partial charge >= 0.3 is 40.9 Å². The van der Waals surface area contributed by atoms with Crippen LogP contribution in [-0.2, 0) is 40.1 Å². The number of hydrogen-bond donors (Lipinski definition) is 2. The fourth-order valence-electron chi connectivity index (χ4n) is 9.99. The minimum absolute atomic E-state index is 0. The van der Waals surface area contributed by atoms with Crippen molar-refractivity contribution in [2.75, 3.05) is 62.4 Å². The summed E-state index contributed by atoms with van der Waals surface area (Å²) in [6.07, 6.45) is 67.4. The van der Waals surface area contributed by atoms with Gasteiger partial charge < -0.3 is 36.7 Å². The van der Waals surface area contributed by atoms with Gasteiger partial charge in [-0.3, -0.25) is 0 Å². The third kappa shape index (κ3) is 53.7. The largest absolute Gasteiger partial charge is 1.00 e. The average Bonchev–Trinajstić information content (AvgIpc) is 3.42. The summed E-state index contributed by atoms with van der Waals surface area (Å²) in [6.45, 7) is 15.8. The predicted molar refractivity (Wildman–Crippen MR) is 347 cm³/mol. The molecule has 0 aromatic carbocycles. The molecule has 32 heteroatoms. The van der Waals surface area contributed by atoms with E-state index in [0.29, 0.717) is 0 Å². The number of unbranched alkanes of at least 4 members (excludes halogenated alkanes) is 30. The summed E-state index contributed by atoms with van der Waals surface area (Å²) in [5.74, 6) is 0. The number of nitrogens with zero attached hydrogens (tertiary/aromatic N) is 2. The Morgan fingerprint density at radius 2 is 0.378 bits per heavy atom.